The van der Waals surface area contributed by atoms with E-state index in [9.17, 15) is 9.18 Å². The van der Waals surface area contributed by atoms with Crippen molar-refractivity contribution in [2.75, 3.05) is 5.32 Å². The molecular weight excluding hydrogens is 327 g/mol. The van der Waals surface area contributed by atoms with Crippen molar-refractivity contribution in [3.63, 3.8) is 0 Å². The molecule has 0 spiro atoms. The second-order valence-electron chi connectivity index (χ2n) is 5.18. The Morgan fingerprint density at radius 3 is 2.72 bits per heavy atom. The van der Waals surface area contributed by atoms with Crippen LogP contribution in [0.2, 0.25) is 0 Å². The van der Waals surface area contributed by atoms with E-state index in [1.165, 1.54) is 18.4 Å². The summed E-state index contributed by atoms with van der Waals surface area (Å²) in [5.41, 5.74) is 1.53. The average Bonchev–Trinajstić information content (AvgIpc) is 3.10. The van der Waals surface area contributed by atoms with Crippen LogP contribution in [0.25, 0.3) is 11.5 Å². The van der Waals surface area contributed by atoms with Gasteiger partial charge in [-0.15, -0.1) is 0 Å². The highest BCUT2D eigenvalue weighted by molar-refractivity contribution is 5.85. The minimum atomic E-state index is -0.685. The molecule has 128 valence electrons. The van der Waals surface area contributed by atoms with Crippen LogP contribution in [0.1, 0.15) is 11.3 Å². The van der Waals surface area contributed by atoms with Crippen LogP contribution in [-0.4, -0.2) is 16.2 Å². The number of aliphatic hydroxyl groups excluding tert-OH is 1. The number of ether oxygens (including phenoxy) is 1. The topological polar surface area (TPSA) is 84.6 Å². The molecule has 1 heterocycles. The quantitative estimate of drug-likeness (QED) is 0.738. The fourth-order valence-electron chi connectivity index (χ4n) is 2.15. The lowest BCUT2D eigenvalue weighted by molar-refractivity contribution is 0.155. The second kappa shape index (κ2) is 7.59. The van der Waals surface area contributed by atoms with Crippen LogP contribution in [0.4, 0.5) is 14.9 Å². The Kier molecular flexibility index (Phi) is 5.06. The van der Waals surface area contributed by atoms with Gasteiger partial charge in [0, 0.05) is 5.69 Å². The molecule has 0 radical (unpaired) electrons. The molecule has 3 aromatic rings. The predicted octanol–water partition coefficient (Wildman–Crippen LogP) is 3.72. The molecule has 0 unspecified atom stereocenters. The second-order valence-corrected chi connectivity index (χ2v) is 5.18. The van der Waals surface area contributed by atoms with Crippen LogP contribution >= 0.6 is 0 Å². The molecule has 0 fully saturated rings. The summed E-state index contributed by atoms with van der Waals surface area (Å²) in [4.78, 5) is 15.7. The summed E-state index contributed by atoms with van der Waals surface area (Å²) >= 11 is 0. The minimum Gasteiger partial charge on any atom is -0.444 e. The standard InChI is InChI=1S/C18H15FN2O4/c19-16-8-13(6-7-15(16)17-20-14(9-22)11-24-17)21-18(23)25-10-12-4-2-1-3-5-12/h1-8,11,22H,9-10H2,(H,21,23). The van der Waals surface area contributed by atoms with Gasteiger partial charge in [-0.25, -0.2) is 14.2 Å². The lowest BCUT2D eigenvalue weighted by Gasteiger charge is -2.08. The Labute approximate surface area is 142 Å². The van der Waals surface area contributed by atoms with E-state index in [0.717, 1.165) is 11.6 Å². The predicted molar refractivity (Wildman–Crippen MR) is 88.1 cm³/mol. The molecule has 0 atom stereocenters. The molecule has 3 rings (SSSR count). The summed E-state index contributed by atoms with van der Waals surface area (Å²) in [6, 6.07) is 13.3. The molecule has 0 aliphatic rings. The van der Waals surface area contributed by atoms with E-state index in [4.69, 9.17) is 14.3 Å². The zero-order valence-electron chi connectivity index (χ0n) is 13.1. The maximum atomic E-state index is 14.2. The van der Waals surface area contributed by atoms with Crippen molar-refractivity contribution >= 4 is 11.8 Å². The van der Waals surface area contributed by atoms with Gasteiger partial charge in [0.15, 0.2) is 0 Å². The first-order valence-electron chi connectivity index (χ1n) is 7.48. The van der Waals surface area contributed by atoms with Crippen molar-refractivity contribution in [2.24, 2.45) is 0 Å². The maximum absolute atomic E-state index is 14.2. The summed E-state index contributed by atoms with van der Waals surface area (Å²) in [6.07, 6.45) is 0.566. The molecule has 1 aromatic heterocycles. The Hall–Kier alpha value is -3.19. The molecule has 0 bridgehead atoms. The van der Waals surface area contributed by atoms with Crippen molar-refractivity contribution in [1.82, 2.24) is 4.98 Å². The van der Waals surface area contributed by atoms with Crippen molar-refractivity contribution in [3.8, 4) is 11.5 Å². The summed E-state index contributed by atoms with van der Waals surface area (Å²) in [5, 5.41) is 11.4. The van der Waals surface area contributed by atoms with Crippen LogP contribution < -0.4 is 5.32 Å². The maximum Gasteiger partial charge on any atom is 0.411 e. The van der Waals surface area contributed by atoms with Gasteiger partial charge in [-0.3, -0.25) is 5.32 Å². The number of aliphatic hydroxyl groups is 1. The Balaban J connectivity index is 1.63. The average molecular weight is 342 g/mol. The van der Waals surface area contributed by atoms with E-state index in [1.54, 1.807) is 0 Å². The number of carbonyl (C=O) groups excluding carboxylic acids is 1. The molecule has 25 heavy (non-hydrogen) atoms. The van der Waals surface area contributed by atoms with Crippen molar-refractivity contribution < 1.29 is 23.4 Å². The van der Waals surface area contributed by atoms with E-state index >= 15 is 0 Å². The van der Waals surface area contributed by atoms with Crippen molar-refractivity contribution in [2.45, 2.75) is 13.2 Å². The fraction of sp³-hybridized carbons (Fsp3) is 0.111. The third-order valence-corrected chi connectivity index (χ3v) is 3.37. The Morgan fingerprint density at radius 1 is 1.24 bits per heavy atom. The van der Waals surface area contributed by atoms with Crippen LogP contribution in [0.3, 0.4) is 0 Å². The highest BCUT2D eigenvalue weighted by Gasteiger charge is 2.13. The molecule has 2 N–H and O–H groups in total. The Bertz CT molecular complexity index is 865. The van der Waals surface area contributed by atoms with Gasteiger partial charge in [-0.1, -0.05) is 30.3 Å². The molecule has 0 saturated heterocycles. The largest absolute Gasteiger partial charge is 0.444 e. The van der Waals surface area contributed by atoms with E-state index in [2.05, 4.69) is 10.3 Å². The normalized spacial score (nSPS) is 10.5. The summed E-state index contributed by atoms with van der Waals surface area (Å²) in [5.74, 6) is -0.563. The Morgan fingerprint density at radius 2 is 2.04 bits per heavy atom. The summed E-state index contributed by atoms with van der Waals surface area (Å²) in [6.45, 7) is -0.175. The highest BCUT2D eigenvalue weighted by atomic mass is 19.1. The van der Waals surface area contributed by atoms with Crippen molar-refractivity contribution in [1.29, 1.82) is 0 Å². The minimum absolute atomic E-state index is 0.0553. The lowest BCUT2D eigenvalue weighted by Crippen LogP contribution is -2.13. The van der Waals surface area contributed by atoms with Gasteiger partial charge in [0.25, 0.3) is 0 Å². The number of hydrogen-bond acceptors (Lipinski definition) is 5. The molecule has 2 aromatic carbocycles. The summed E-state index contributed by atoms with van der Waals surface area (Å²) in [7, 11) is 0. The highest BCUT2D eigenvalue weighted by Crippen LogP contribution is 2.25. The van der Waals surface area contributed by atoms with Gasteiger partial charge < -0.3 is 14.3 Å². The number of rotatable bonds is 5. The molecule has 0 saturated carbocycles. The van der Waals surface area contributed by atoms with Crippen LogP contribution in [0.15, 0.2) is 59.2 Å². The number of amides is 1. The first kappa shape index (κ1) is 16.7. The van der Waals surface area contributed by atoms with Gasteiger partial charge in [0.1, 0.15) is 24.4 Å². The van der Waals surface area contributed by atoms with Crippen LogP contribution in [0, 0.1) is 5.82 Å². The molecule has 7 heteroatoms. The zero-order valence-corrected chi connectivity index (χ0v) is 13.1. The van der Waals surface area contributed by atoms with Crippen LogP contribution in [0.5, 0.6) is 0 Å². The number of halogens is 1. The fourth-order valence-corrected chi connectivity index (χ4v) is 2.15. The smallest absolute Gasteiger partial charge is 0.411 e. The third-order valence-electron chi connectivity index (χ3n) is 3.37. The van der Waals surface area contributed by atoms with Crippen molar-refractivity contribution in [3.05, 3.63) is 71.9 Å². The SMILES string of the molecule is O=C(Nc1ccc(-c2nc(CO)co2)c(F)c1)OCc1ccccc1. The first-order valence-corrected chi connectivity index (χ1v) is 7.48. The molecule has 1 amide bonds. The number of aromatic nitrogens is 1. The van der Waals surface area contributed by atoms with Gasteiger partial charge in [0.2, 0.25) is 5.89 Å². The van der Waals surface area contributed by atoms with Gasteiger partial charge in [-0.05, 0) is 23.8 Å². The summed E-state index contributed by atoms with van der Waals surface area (Å²) < 4.78 is 24.4. The van der Waals surface area contributed by atoms with E-state index in [1.807, 2.05) is 30.3 Å². The van der Waals surface area contributed by atoms with Gasteiger partial charge in [0.05, 0.1) is 12.2 Å². The van der Waals surface area contributed by atoms with E-state index in [0.29, 0.717) is 5.69 Å². The number of nitrogens with zero attached hydrogens (tertiary/aromatic N) is 1. The number of hydrogen-bond donors (Lipinski definition) is 2. The number of oxazole rings is 1. The number of anilines is 1. The number of carbonyl (C=O) groups is 1. The number of nitrogens with one attached hydrogen (secondary N) is 1. The first-order chi connectivity index (χ1) is 12.2. The molecule has 0 aliphatic heterocycles. The van der Waals surface area contributed by atoms with E-state index in [-0.39, 0.29) is 30.4 Å². The van der Waals surface area contributed by atoms with Gasteiger partial charge in [-0.2, -0.15) is 0 Å². The molecule has 6 nitrogen and oxygen atoms in total. The third kappa shape index (κ3) is 4.21. The monoisotopic (exact) mass is 342 g/mol. The zero-order chi connectivity index (χ0) is 17.6. The lowest BCUT2D eigenvalue weighted by atomic mass is 10.2. The molecular formula is C18H15FN2O4. The molecule has 0 aliphatic carbocycles. The van der Waals surface area contributed by atoms with Gasteiger partial charge >= 0.3 is 6.09 Å². The van der Waals surface area contributed by atoms with E-state index < -0.39 is 11.9 Å². The number of benzene rings is 2. The van der Waals surface area contributed by atoms with Crippen LogP contribution in [-0.2, 0) is 18.0 Å².